The number of H-pyrrole nitrogens is 1. The maximum Gasteiger partial charge on any atom is 0.435 e. The quantitative estimate of drug-likeness (QED) is 0.661. The van der Waals surface area contributed by atoms with Crippen LogP contribution in [0.2, 0.25) is 0 Å². The molecular formula is C19H18F3N3O. The number of para-hydroxylation sites is 1. The lowest BCUT2D eigenvalue weighted by molar-refractivity contribution is -0.140. The van der Waals surface area contributed by atoms with Gasteiger partial charge in [0.25, 0.3) is 0 Å². The topological polar surface area (TPSA) is 57.8 Å². The molecule has 0 spiro atoms. The van der Waals surface area contributed by atoms with Crippen LogP contribution in [-0.2, 0) is 17.4 Å². The molecule has 7 heteroatoms. The molecular weight excluding hydrogens is 343 g/mol. The summed E-state index contributed by atoms with van der Waals surface area (Å²) in [6.07, 6.45) is -2.89. The van der Waals surface area contributed by atoms with Gasteiger partial charge in [0.05, 0.1) is 11.6 Å². The number of hydrogen-bond donors (Lipinski definition) is 2. The molecule has 2 N–H and O–H groups in total. The molecule has 1 amide bonds. The van der Waals surface area contributed by atoms with Crippen molar-refractivity contribution in [1.29, 1.82) is 0 Å². The van der Waals surface area contributed by atoms with Gasteiger partial charge in [-0.1, -0.05) is 32.0 Å². The average molecular weight is 361 g/mol. The highest BCUT2D eigenvalue weighted by Gasteiger charge is 2.41. The first-order chi connectivity index (χ1) is 12.2. The lowest BCUT2D eigenvalue weighted by Crippen LogP contribution is -2.34. The predicted octanol–water partition coefficient (Wildman–Crippen LogP) is 4.49. The zero-order chi connectivity index (χ0) is 18.7. The van der Waals surface area contributed by atoms with Crippen molar-refractivity contribution in [2.45, 2.75) is 38.9 Å². The van der Waals surface area contributed by atoms with Crippen LogP contribution in [0.5, 0.6) is 0 Å². The monoisotopic (exact) mass is 361 g/mol. The second-order valence-electron chi connectivity index (χ2n) is 7.62. The smallest absolute Gasteiger partial charge is 0.353 e. The molecule has 0 saturated heterocycles. The molecule has 1 atom stereocenters. The molecule has 4 rings (SSSR count). The minimum Gasteiger partial charge on any atom is -0.353 e. The third kappa shape index (κ3) is 2.53. The summed E-state index contributed by atoms with van der Waals surface area (Å²) in [7, 11) is 0. The van der Waals surface area contributed by atoms with Gasteiger partial charge in [0, 0.05) is 27.5 Å². The van der Waals surface area contributed by atoms with E-state index < -0.39 is 11.9 Å². The molecule has 1 aliphatic carbocycles. The van der Waals surface area contributed by atoms with Gasteiger partial charge < -0.3 is 10.3 Å². The van der Waals surface area contributed by atoms with E-state index in [-0.39, 0.29) is 17.0 Å². The Bertz CT molecular complexity index is 1020. The molecule has 1 aromatic carbocycles. The second-order valence-corrected chi connectivity index (χ2v) is 7.62. The summed E-state index contributed by atoms with van der Waals surface area (Å²) >= 11 is 0. The lowest BCUT2D eigenvalue weighted by atomic mass is 9.72. The van der Waals surface area contributed by atoms with E-state index in [1.807, 2.05) is 13.8 Å². The van der Waals surface area contributed by atoms with Crippen LogP contribution in [0.4, 0.5) is 13.2 Å². The Morgan fingerprint density at radius 1 is 1.31 bits per heavy atom. The Labute approximate surface area is 147 Å². The molecule has 2 aromatic heterocycles. The van der Waals surface area contributed by atoms with Crippen LogP contribution in [0.25, 0.3) is 21.8 Å². The predicted molar refractivity (Wildman–Crippen MR) is 92.6 cm³/mol. The van der Waals surface area contributed by atoms with Crippen LogP contribution in [0.1, 0.15) is 43.3 Å². The number of nitrogens with zero attached hydrogens (tertiary/aromatic N) is 1. The minimum absolute atomic E-state index is 0.0187. The summed E-state index contributed by atoms with van der Waals surface area (Å²) in [6.45, 7) is 3.95. The van der Waals surface area contributed by atoms with Gasteiger partial charge in [-0.25, -0.2) is 4.98 Å². The molecule has 0 saturated carbocycles. The van der Waals surface area contributed by atoms with E-state index in [0.717, 1.165) is 0 Å². The molecule has 4 nitrogen and oxygen atoms in total. The molecule has 1 aliphatic rings. The van der Waals surface area contributed by atoms with Crippen LogP contribution in [0, 0.1) is 5.41 Å². The van der Waals surface area contributed by atoms with E-state index >= 15 is 0 Å². The van der Waals surface area contributed by atoms with Gasteiger partial charge in [0.1, 0.15) is 0 Å². The van der Waals surface area contributed by atoms with Gasteiger partial charge in [-0.05, 0) is 24.3 Å². The van der Waals surface area contributed by atoms with E-state index in [4.69, 9.17) is 0 Å². The zero-order valence-electron chi connectivity index (χ0n) is 14.4. The Kier molecular flexibility index (Phi) is 3.54. The normalized spacial score (nSPS) is 19.5. The molecule has 2 heterocycles. The highest BCUT2D eigenvalue weighted by Crippen LogP contribution is 2.47. The van der Waals surface area contributed by atoms with E-state index in [2.05, 4.69) is 15.3 Å². The minimum atomic E-state index is -4.57. The van der Waals surface area contributed by atoms with Crippen molar-refractivity contribution in [2.75, 3.05) is 0 Å². The summed E-state index contributed by atoms with van der Waals surface area (Å²) in [5.74, 6) is 0. The number of carbonyl (C=O) groups excluding carboxylic acids is 1. The van der Waals surface area contributed by atoms with Gasteiger partial charge in [-0.2, -0.15) is 13.2 Å². The average Bonchev–Trinajstić information content (AvgIpc) is 2.91. The van der Waals surface area contributed by atoms with E-state index in [9.17, 15) is 18.0 Å². The maximum absolute atomic E-state index is 13.7. The summed E-state index contributed by atoms with van der Waals surface area (Å²) < 4.78 is 41.1. The number of benzene rings is 1. The fourth-order valence-corrected chi connectivity index (χ4v) is 4.11. The molecule has 26 heavy (non-hydrogen) atoms. The third-order valence-electron chi connectivity index (χ3n) is 5.06. The van der Waals surface area contributed by atoms with Crippen molar-refractivity contribution < 1.29 is 18.0 Å². The fraction of sp³-hybridized carbons (Fsp3) is 0.368. The van der Waals surface area contributed by atoms with Crippen LogP contribution in [-0.4, -0.2) is 16.4 Å². The van der Waals surface area contributed by atoms with Crippen LogP contribution in [0.3, 0.4) is 0 Å². The Morgan fingerprint density at radius 3 is 2.73 bits per heavy atom. The van der Waals surface area contributed by atoms with Crippen LogP contribution < -0.4 is 5.32 Å². The number of fused-ring (bicyclic) bond motifs is 5. The number of halogens is 3. The summed E-state index contributed by atoms with van der Waals surface area (Å²) in [4.78, 5) is 18.1. The van der Waals surface area contributed by atoms with Gasteiger partial charge in [0.15, 0.2) is 5.69 Å². The third-order valence-corrected chi connectivity index (χ3v) is 5.06. The first-order valence-electron chi connectivity index (χ1n) is 8.41. The molecule has 0 radical (unpaired) electrons. The van der Waals surface area contributed by atoms with E-state index in [0.29, 0.717) is 46.8 Å². The van der Waals surface area contributed by atoms with Crippen molar-refractivity contribution >= 4 is 28.2 Å². The van der Waals surface area contributed by atoms with Crippen molar-refractivity contribution in [1.82, 2.24) is 15.3 Å². The Balaban J connectivity index is 2.16. The first kappa shape index (κ1) is 16.9. The highest BCUT2D eigenvalue weighted by molar-refractivity contribution is 6.10. The number of rotatable bonds is 2. The van der Waals surface area contributed by atoms with Crippen molar-refractivity contribution in [3.63, 3.8) is 0 Å². The molecule has 3 aromatic rings. The number of amides is 1. The van der Waals surface area contributed by atoms with Crippen LogP contribution in [0.15, 0.2) is 24.3 Å². The molecule has 0 fully saturated rings. The Hall–Kier alpha value is -2.57. The summed E-state index contributed by atoms with van der Waals surface area (Å²) in [5, 5.41) is 4.00. The molecule has 136 valence electrons. The summed E-state index contributed by atoms with van der Waals surface area (Å²) in [5.41, 5.74) is 0.545. The van der Waals surface area contributed by atoms with Gasteiger partial charge in [-0.15, -0.1) is 0 Å². The van der Waals surface area contributed by atoms with E-state index in [1.165, 1.54) is 0 Å². The number of carbonyl (C=O) groups is 1. The number of alkyl halides is 3. The first-order valence-corrected chi connectivity index (χ1v) is 8.41. The molecule has 0 unspecified atom stereocenters. The van der Waals surface area contributed by atoms with E-state index in [1.54, 1.807) is 24.3 Å². The summed E-state index contributed by atoms with van der Waals surface area (Å²) in [6, 6.07) is 6.74. The Morgan fingerprint density at radius 2 is 2.04 bits per heavy atom. The van der Waals surface area contributed by atoms with Gasteiger partial charge in [-0.3, -0.25) is 4.79 Å². The largest absolute Gasteiger partial charge is 0.435 e. The number of aromatic amines is 1. The van der Waals surface area contributed by atoms with Crippen LogP contribution >= 0.6 is 0 Å². The van der Waals surface area contributed by atoms with Gasteiger partial charge in [0.2, 0.25) is 6.41 Å². The lowest BCUT2D eigenvalue weighted by Gasteiger charge is -2.37. The van der Waals surface area contributed by atoms with Crippen molar-refractivity contribution in [3.05, 3.63) is 41.2 Å². The SMILES string of the molecule is CC1(C)Cc2nc(C(F)(F)F)c3[nH]c4ccccc4c3c2[C@H](NC=O)C1. The fourth-order valence-electron chi connectivity index (χ4n) is 4.11. The van der Waals surface area contributed by atoms with Crippen molar-refractivity contribution in [2.24, 2.45) is 5.41 Å². The molecule has 0 bridgehead atoms. The number of aromatic nitrogens is 2. The maximum atomic E-state index is 13.7. The second kappa shape index (κ2) is 5.46. The molecule has 0 aliphatic heterocycles. The highest BCUT2D eigenvalue weighted by atomic mass is 19.4. The number of nitrogens with one attached hydrogen (secondary N) is 2. The number of pyridine rings is 1. The van der Waals surface area contributed by atoms with Gasteiger partial charge >= 0.3 is 6.18 Å². The number of hydrogen-bond acceptors (Lipinski definition) is 2. The zero-order valence-corrected chi connectivity index (χ0v) is 14.4. The standard InChI is InChI=1S/C19H18F3N3O/c1-18(2)7-12(23-9-26)15-13(8-18)25-17(19(20,21)22)16-14(15)10-5-3-4-6-11(10)24-16/h3-6,9,12,24H,7-8H2,1-2H3,(H,23,26)/t12-/m1/s1. The van der Waals surface area contributed by atoms with Crippen molar-refractivity contribution in [3.8, 4) is 0 Å².